The number of nitrogens with two attached hydrogens (primary N) is 1. The number of hydrogen-bond donors (Lipinski definition) is 2. The third-order valence-electron chi connectivity index (χ3n) is 1.67. The van der Waals surface area contributed by atoms with Gasteiger partial charge in [0.05, 0.1) is 12.7 Å². The first kappa shape index (κ1) is 9.86. The van der Waals surface area contributed by atoms with E-state index in [1.165, 1.54) is 19.2 Å². The molecule has 0 atom stereocenters. The number of aromatic carboxylic acids is 1. The highest BCUT2D eigenvalue weighted by molar-refractivity contribution is 5.93. The number of nitrogen functional groups attached to an aromatic ring is 1. The topological polar surface area (TPSA) is 96.3 Å². The van der Waals surface area contributed by atoms with Crippen molar-refractivity contribution in [1.82, 2.24) is 0 Å². The second kappa shape index (κ2) is 3.66. The number of anilines is 1. The highest BCUT2D eigenvalue weighted by Gasteiger charge is 2.15. The maximum absolute atomic E-state index is 10.8. The van der Waals surface area contributed by atoms with Crippen molar-refractivity contribution in [2.24, 2.45) is 0 Å². The zero-order chi connectivity index (χ0) is 10.7. The van der Waals surface area contributed by atoms with Crippen molar-refractivity contribution in [3.05, 3.63) is 23.3 Å². The molecule has 0 spiro atoms. The van der Waals surface area contributed by atoms with Crippen LogP contribution in [0.5, 0.6) is 5.75 Å². The first-order chi connectivity index (χ1) is 6.60. The van der Waals surface area contributed by atoms with Gasteiger partial charge in [0.1, 0.15) is 11.6 Å². The minimum absolute atomic E-state index is 0.0363. The lowest BCUT2D eigenvalue weighted by Crippen LogP contribution is -2.03. The second-order valence-corrected chi connectivity index (χ2v) is 2.57. The summed E-state index contributed by atoms with van der Waals surface area (Å²) in [6.07, 6.45) is 0. The van der Waals surface area contributed by atoms with Gasteiger partial charge in [-0.25, -0.2) is 4.79 Å². The predicted molar refractivity (Wildman–Crippen MR) is 49.1 cm³/mol. The smallest absolute Gasteiger partial charge is 0.339 e. The van der Waals surface area contributed by atoms with Gasteiger partial charge in [0.15, 0.2) is 5.75 Å². The van der Waals surface area contributed by atoms with Crippen LogP contribution in [0.15, 0.2) is 12.1 Å². The number of nitrogens with zero attached hydrogens (tertiary/aromatic N) is 1. The number of carboxylic acid groups (broad SMARTS) is 1. The molecule has 3 N–H and O–H groups in total. The summed E-state index contributed by atoms with van der Waals surface area (Å²) in [5.74, 6) is -1.14. The van der Waals surface area contributed by atoms with E-state index in [0.717, 1.165) is 0 Å². The summed E-state index contributed by atoms with van der Waals surface area (Å²) < 4.78 is 4.82. The Hall–Kier alpha value is -2.22. The second-order valence-electron chi connectivity index (χ2n) is 2.57. The first-order valence-electron chi connectivity index (χ1n) is 3.71. The lowest BCUT2D eigenvalue weighted by Gasteiger charge is -2.07. The molecule has 14 heavy (non-hydrogen) atoms. The molecule has 0 aliphatic carbocycles. The fourth-order valence-electron chi connectivity index (χ4n) is 1.11. The quantitative estimate of drug-likeness (QED) is 0.677. The molecule has 1 aromatic rings. The van der Waals surface area contributed by atoms with Crippen molar-refractivity contribution in [2.75, 3.05) is 12.8 Å². The van der Waals surface area contributed by atoms with Crippen LogP contribution in [-0.2, 0) is 0 Å². The van der Waals surface area contributed by atoms with Crippen LogP contribution in [0.1, 0.15) is 15.9 Å². The Morgan fingerprint density at radius 1 is 1.64 bits per heavy atom. The zero-order valence-corrected chi connectivity index (χ0v) is 7.44. The molecule has 0 aromatic heterocycles. The standard InChI is InChI=1S/C9H8N2O3/c1-14-8-5(4-10)2-6(11)3-7(8)9(12)13/h2-3H,11H2,1H3,(H,12,13). The third kappa shape index (κ3) is 1.59. The van der Waals surface area contributed by atoms with Gasteiger partial charge in [-0.3, -0.25) is 0 Å². The molecule has 0 bridgehead atoms. The fraction of sp³-hybridized carbons (Fsp3) is 0.111. The number of ether oxygens (including phenoxy) is 1. The summed E-state index contributed by atoms with van der Waals surface area (Å²) in [5.41, 5.74) is 5.66. The highest BCUT2D eigenvalue weighted by atomic mass is 16.5. The molecule has 5 heteroatoms. The van der Waals surface area contributed by atoms with Crippen LogP contribution in [0.3, 0.4) is 0 Å². The van der Waals surface area contributed by atoms with Gasteiger partial charge in [-0.1, -0.05) is 0 Å². The van der Waals surface area contributed by atoms with Crippen LogP contribution in [0.2, 0.25) is 0 Å². The molecule has 0 radical (unpaired) electrons. The molecule has 0 aliphatic heterocycles. The molecule has 0 aliphatic rings. The van der Waals surface area contributed by atoms with E-state index in [0.29, 0.717) is 0 Å². The van der Waals surface area contributed by atoms with E-state index in [-0.39, 0.29) is 22.6 Å². The average molecular weight is 192 g/mol. The van der Waals surface area contributed by atoms with Gasteiger partial charge in [0, 0.05) is 5.69 Å². The van der Waals surface area contributed by atoms with Crippen molar-refractivity contribution in [2.45, 2.75) is 0 Å². The molecular weight excluding hydrogens is 184 g/mol. The van der Waals surface area contributed by atoms with Gasteiger partial charge in [-0.2, -0.15) is 5.26 Å². The molecule has 1 rings (SSSR count). The molecular formula is C9H8N2O3. The van der Waals surface area contributed by atoms with Crippen molar-refractivity contribution in [1.29, 1.82) is 5.26 Å². The number of benzene rings is 1. The first-order valence-corrected chi connectivity index (χ1v) is 3.71. The minimum atomic E-state index is -1.18. The van der Waals surface area contributed by atoms with Gasteiger partial charge in [0.2, 0.25) is 0 Å². The number of nitriles is 1. The fourth-order valence-corrected chi connectivity index (χ4v) is 1.11. The van der Waals surface area contributed by atoms with Crippen LogP contribution in [0.4, 0.5) is 5.69 Å². The van der Waals surface area contributed by atoms with Crippen LogP contribution in [-0.4, -0.2) is 18.2 Å². The van der Waals surface area contributed by atoms with Crippen molar-refractivity contribution >= 4 is 11.7 Å². The predicted octanol–water partition coefficient (Wildman–Crippen LogP) is 0.847. The van der Waals surface area contributed by atoms with E-state index >= 15 is 0 Å². The molecule has 0 amide bonds. The van der Waals surface area contributed by atoms with Gasteiger partial charge < -0.3 is 15.6 Å². The number of rotatable bonds is 2. The molecule has 0 unspecified atom stereocenters. The van der Waals surface area contributed by atoms with Gasteiger partial charge in [0.25, 0.3) is 0 Å². The van der Waals surface area contributed by atoms with Crippen molar-refractivity contribution < 1.29 is 14.6 Å². The molecule has 5 nitrogen and oxygen atoms in total. The van der Waals surface area contributed by atoms with Crippen molar-refractivity contribution in [3.63, 3.8) is 0 Å². The SMILES string of the molecule is COc1c(C#N)cc(N)cc1C(=O)O. The van der Waals surface area contributed by atoms with E-state index in [1.807, 2.05) is 6.07 Å². The molecule has 1 aromatic carbocycles. The van der Waals surface area contributed by atoms with E-state index in [1.54, 1.807) is 0 Å². The molecule has 0 heterocycles. The van der Waals surface area contributed by atoms with Crippen LogP contribution in [0.25, 0.3) is 0 Å². The number of carbonyl (C=O) groups is 1. The lowest BCUT2D eigenvalue weighted by atomic mass is 10.1. The molecule has 0 fully saturated rings. The summed E-state index contributed by atoms with van der Waals surface area (Å²) in [6, 6.07) is 4.43. The number of carboxylic acids is 1. The maximum atomic E-state index is 10.8. The maximum Gasteiger partial charge on any atom is 0.339 e. The average Bonchev–Trinajstić information content (AvgIpc) is 2.16. The van der Waals surface area contributed by atoms with Crippen LogP contribution < -0.4 is 10.5 Å². The Kier molecular flexibility index (Phi) is 2.58. The van der Waals surface area contributed by atoms with Gasteiger partial charge in [-0.15, -0.1) is 0 Å². The molecule has 72 valence electrons. The summed E-state index contributed by atoms with van der Waals surface area (Å²) in [7, 11) is 1.30. The summed E-state index contributed by atoms with van der Waals surface area (Å²) in [5, 5.41) is 17.5. The Morgan fingerprint density at radius 3 is 2.71 bits per heavy atom. The van der Waals surface area contributed by atoms with E-state index in [9.17, 15) is 4.79 Å². The van der Waals surface area contributed by atoms with Gasteiger partial charge in [-0.05, 0) is 12.1 Å². The van der Waals surface area contributed by atoms with Crippen molar-refractivity contribution in [3.8, 4) is 11.8 Å². The number of methoxy groups -OCH3 is 1. The van der Waals surface area contributed by atoms with E-state index in [2.05, 4.69) is 0 Å². The zero-order valence-electron chi connectivity index (χ0n) is 7.44. The largest absolute Gasteiger partial charge is 0.494 e. The normalized spacial score (nSPS) is 9.14. The van der Waals surface area contributed by atoms with E-state index < -0.39 is 5.97 Å². The van der Waals surface area contributed by atoms with E-state index in [4.69, 9.17) is 20.8 Å². The Bertz CT molecular complexity index is 421. The third-order valence-corrected chi connectivity index (χ3v) is 1.67. The Morgan fingerprint density at radius 2 is 2.29 bits per heavy atom. The summed E-state index contributed by atoms with van der Waals surface area (Å²) >= 11 is 0. The molecule has 0 saturated carbocycles. The summed E-state index contributed by atoms with van der Waals surface area (Å²) in [6.45, 7) is 0. The lowest BCUT2D eigenvalue weighted by molar-refractivity contribution is 0.0693. The molecule has 0 saturated heterocycles. The number of hydrogen-bond acceptors (Lipinski definition) is 4. The Labute approximate surface area is 80.3 Å². The summed E-state index contributed by atoms with van der Waals surface area (Å²) in [4.78, 5) is 10.8. The minimum Gasteiger partial charge on any atom is -0.494 e. The monoisotopic (exact) mass is 192 g/mol. The van der Waals surface area contributed by atoms with Gasteiger partial charge >= 0.3 is 5.97 Å². The Balaban J connectivity index is 3.49. The van der Waals surface area contributed by atoms with Crippen LogP contribution in [0, 0.1) is 11.3 Å². The highest BCUT2D eigenvalue weighted by Crippen LogP contribution is 2.26. The van der Waals surface area contributed by atoms with Crippen LogP contribution >= 0.6 is 0 Å².